The maximum Gasteiger partial charge on any atom is 0.343 e. The van der Waals surface area contributed by atoms with E-state index in [1.165, 1.54) is 23.2 Å². The van der Waals surface area contributed by atoms with Crippen LogP contribution in [-0.4, -0.2) is 13.1 Å². The molecule has 120 valence electrons. The van der Waals surface area contributed by atoms with Crippen LogP contribution >= 0.6 is 22.6 Å². The Bertz CT molecular complexity index is 879. The van der Waals surface area contributed by atoms with E-state index in [1.54, 1.807) is 0 Å². The zero-order chi connectivity index (χ0) is 16.2. The van der Waals surface area contributed by atoms with Crippen molar-refractivity contribution in [1.29, 1.82) is 0 Å². The number of hydrogen-bond donors (Lipinski definition) is 0. The molecule has 23 heavy (non-hydrogen) atoms. The molecule has 2 aliphatic rings. The summed E-state index contributed by atoms with van der Waals surface area (Å²) in [6, 6.07) is 4.23. The van der Waals surface area contributed by atoms with E-state index >= 15 is 0 Å². The van der Waals surface area contributed by atoms with Crippen LogP contribution in [0.5, 0.6) is 0 Å². The average molecular weight is 421 g/mol. The van der Waals surface area contributed by atoms with Crippen LogP contribution in [0.25, 0.3) is 17.0 Å². The molecule has 0 saturated heterocycles. The van der Waals surface area contributed by atoms with E-state index in [2.05, 4.69) is 47.4 Å². The molecule has 0 saturated carbocycles. The van der Waals surface area contributed by atoms with Crippen LogP contribution in [-0.2, 0) is 11.8 Å². The van der Waals surface area contributed by atoms with Gasteiger partial charge in [0.1, 0.15) is 5.58 Å². The second-order valence-corrected chi connectivity index (χ2v) is 7.90. The Morgan fingerprint density at radius 1 is 1.30 bits per heavy atom. The minimum atomic E-state index is -0.242. The number of rotatable bonds is 1. The van der Waals surface area contributed by atoms with E-state index in [9.17, 15) is 4.79 Å². The molecule has 0 fully saturated rings. The van der Waals surface area contributed by atoms with Gasteiger partial charge in [-0.1, -0.05) is 36.4 Å². The number of benzene rings is 1. The Labute approximate surface area is 149 Å². The van der Waals surface area contributed by atoms with Crippen LogP contribution < -0.4 is 10.5 Å². The van der Waals surface area contributed by atoms with E-state index in [4.69, 9.17) is 4.42 Å². The van der Waals surface area contributed by atoms with Gasteiger partial charge in [0.2, 0.25) is 0 Å². The maximum absolute atomic E-state index is 12.3. The summed E-state index contributed by atoms with van der Waals surface area (Å²) in [6.07, 6.45) is 5.11. The minimum absolute atomic E-state index is 0.168. The Morgan fingerprint density at radius 3 is 2.91 bits per heavy atom. The molecule has 2 aliphatic heterocycles. The highest BCUT2D eigenvalue weighted by atomic mass is 127. The van der Waals surface area contributed by atoms with Crippen LogP contribution in [0.3, 0.4) is 0 Å². The van der Waals surface area contributed by atoms with Gasteiger partial charge in [0, 0.05) is 29.7 Å². The molecule has 0 unspecified atom stereocenters. The van der Waals surface area contributed by atoms with Crippen molar-refractivity contribution in [3.05, 3.63) is 43.3 Å². The molecule has 0 amide bonds. The molecule has 1 aromatic carbocycles. The third-order valence-electron chi connectivity index (χ3n) is 5.27. The van der Waals surface area contributed by atoms with E-state index < -0.39 is 0 Å². The summed E-state index contributed by atoms with van der Waals surface area (Å²) >= 11 is 2.13. The number of nitrogens with zero attached hydrogens (tertiary/aromatic N) is 1. The average Bonchev–Trinajstić information content (AvgIpc) is 2.52. The fourth-order valence-electron chi connectivity index (χ4n) is 3.96. The van der Waals surface area contributed by atoms with Crippen molar-refractivity contribution in [1.82, 2.24) is 0 Å². The van der Waals surface area contributed by atoms with Gasteiger partial charge in [-0.2, -0.15) is 0 Å². The largest absolute Gasteiger partial charge is 0.422 e. The molecule has 4 heteroatoms. The van der Waals surface area contributed by atoms with E-state index in [0.717, 1.165) is 36.9 Å². The summed E-state index contributed by atoms with van der Waals surface area (Å²) in [5, 5.41) is 1.06. The molecule has 3 heterocycles. The zero-order valence-electron chi connectivity index (χ0n) is 13.5. The fourth-order valence-corrected chi connectivity index (χ4v) is 4.35. The van der Waals surface area contributed by atoms with Gasteiger partial charge in [-0.25, -0.2) is 4.79 Å². The van der Waals surface area contributed by atoms with Gasteiger partial charge >= 0.3 is 5.63 Å². The number of halogens is 1. The van der Waals surface area contributed by atoms with Crippen molar-refractivity contribution in [2.24, 2.45) is 0 Å². The first-order valence-electron chi connectivity index (χ1n) is 8.17. The summed E-state index contributed by atoms with van der Waals surface area (Å²) in [4.78, 5) is 14.7. The molecular weight excluding hydrogens is 401 g/mol. The summed E-state index contributed by atoms with van der Waals surface area (Å²) < 4.78 is 7.60. The van der Waals surface area contributed by atoms with Gasteiger partial charge in [0.15, 0.2) is 0 Å². The summed E-state index contributed by atoms with van der Waals surface area (Å²) in [5.74, 6) is 0. The monoisotopic (exact) mass is 421 g/mol. The molecule has 2 aromatic rings. The number of hydrogen-bond acceptors (Lipinski definition) is 3. The van der Waals surface area contributed by atoms with Gasteiger partial charge in [0.25, 0.3) is 0 Å². The molecule has 0 radical (unpaired) electrons. The molecular formula is C19H20INO2. The molecule has 0 N–H and O–H groups in total. The van der Waals surface area contributed by atoms with Crippen LogP contribution in [0.4, 0.5) is 5.69 Å². The zero-order valence-corrected chi connectivity index (χ0v) is 15.6. The molecule has 0 aliphatic carbocycles. The normalized spacial score (nSPS) is 19.3. The highest BCUT2D eigenvalue weighted by molar-refractivity contribution is 14.1. The van der Waals surface area contributed by atoms with Crippen LogP contribution in [0.2, 0.25) is 0 Å². The van der Waals surface area contributed by atoms with Crippen molar-refractivity contribution in [2.45, 2.75) is 38.5 Å². The standard InChI is InChI=1S/C19H20INO2/c1-19(2)6-9-21-8-3-4-14-16(21)15(19)11-13-10-12(5-7-20)18(22)23-17(13)14/h5,7,10-11H,3-4,6,8-9H2,1-2H3/b7-5+. The second kappa shape index (κ2) is 5.36. The van der Waals surface area contributed by atoms with Crippen LogP contribution in [0, 0.1) is 0 Å². The van der Waals surface area contributed by atoms with Crippen molar-refractivity contribution in [2.75, 3.05) is 18.0 Å². The smallest absolute Gasteiger partial charge is 0.343 e. The van der Waals surface area contributed by atoms with E-state index in [1.807, 2.05) is 16.2 Å². The maximum atomic E-state index is 12.3. The van der Waals surface area contributed by atoms with Crippen molar-refractivity contribution in [3.8, 4) is 0 Å². The first kappa shape index (κ1) is 15.2. The second-order valence-electron chi connectivity index (χ2n) is 7.18. The van der Waals surface area contributed by atoms with Gasteiger partial charge < -0.3 is 9.32 Å². The quantitative estimate of drug-likeness (QED) is 0.497. The van der Waals surface area contributed by atoms with Crippen molar-refractivity contribution < 1.29 is 4.42 Å². The third-order valence-corrected chi connectivity index (χ3v) is 5.63. The first-order chi connectivity index (χ1) is 11.0. The first-order valence-corrected chi connectivity index (χ1v) is 9.42. The van der Waals surface area contributed by atoms with Gasteiger partial charge in [0.05, 0.1) is 5.56 Å². The topological polar surface area (TPSA) is 33.5 Å². The van der Waals surface area contributed by atoms with Gasteiger partial charge in [-0.15, -0.1) is 0 Å². The summed E-state index contributed by atoms with van der Waals surface area (Å²) in [5.41, 5.74) is 5.32. The molecule has 0 atom stereocenters. The summed E-state index contributed by atoms with van der Waals surface area (Å²) in [6.45, 7) is 6.86. The lowest BCUT2D eigenvalue weighted by Gasteiger charge is -2.43. The number of anilines is 1. The van der Waals surface area contributed by atoms with Crippen molar-refractivity contribution in [3.63, 3.8) is 0 Å². The van der Waals surface area contributed by atoms with E-state index in [0.29, 0.717) is 5.56 Å². The molecule has 0 spiro atoms. The van der Waals surface area contributed by atoms with Crippen molar-refractivity contribution >= 4 is 45.3 Å². The Kier molecular flexibility index (Phi) is 3.55. The Balaban J connectivity index is 2.09. The third kappa shape index (κ3) is 2.33. The summed E-state index contributed by atoms with van der Waals surface area (Å²) in [7, 11) is 0. The lowest BCUT2D eigenvalue weighted by Crippen LogP contribution is -2.40. The minimum Gasteiger partial charge on any atom is -0.422 e. The van der Waals surface area contributed by atoms with Crippen LogP contribution in [0.15, 0.2) is 25.4 Å². The van der Waals surface area contributed by atoms with Gasteiger partial charge in [-0.05, 0) is 52.5 Å². The Morgan fingerprint density at radius 2 is 2.13 bits per heavy atom. The SMILES string of the molecule is CC1(C)CCN2CCCc3c2c1cc1cc(/C=C/I)c(=O)oc31. The molecule has 3 nitrogen and oxygen atoms in total. The fraction of sp³-hybridized carbons (Fsp3) is 0.421. The predicted octanol–water partition coefficient (Wildman–Crippen LogP) is 4.63. The van der Waals surface area contributed by atoms with E-state index in [-0.39, 0.29) is 11.0 Å². The highest BCUT2D eigenvalue weighted by Crippen LogP contribution is 2.46. The molecule has 1 aromatic heterocycles. The predicted molar refractivity (Wildman–Crippen MR) is 104 cm³/mol. The number of fused-ring (bicyclic) bond motifs is 2. The number of aryl methyl sites for hydroxylation is 1. The van der Waals surface area contributed by atoms with Crippen LogP contribution in [0.1, 0.15) is 43.4 Å². The molecule has 4 rings (SSSR count). The highest BCUT2D eigenvalue weighted by Gasteiger charge is 2.35. The lowest BCUT2D eigenvalue weighted by molar-refractivity contribution is 0.444. The Hall–Kier alpha value is -1.30. The van der Waals surface area contributed by atoms with Gasteiger partial charge in [-0.3, -0.25) is 0 Å². The molecule has 0 bridgehead atoms. The lowest BCUT2D eigenvalue weighted by atomic mass is 9.74.